The fourth-order valence-corrected chi connectivity index (χ4v) is 7.68. The van der Waals surface area contributed by atoms with Crippen molar-refractivity contribution in [2.24, 2.45) is 0 Å². The summed E-state index contributed by atoms with van der Waals surface area (Å²) in [5.74, 6) is 1.04. The Labute approximate surface area is 227 Å². The van der Waals surface area contributed by atoms with Crippen molar-refractivity contribution in [2.75, 3.05) is 49.6 Å². The fourth-order valence-electron chi connectivity index (χ4n) is 6.74. The number of carbonyl (C=O) groups excluding carboxylic acids is 1. The molecular formula is C29H34N6O2S. The van der Waals surface area contributed by atoms with Gasteiger partial charge >= 0.3 is 6.01 Å². The number of carbonyl (C=O) groups is 1. The van der Waals surface area contributed by atoms with E-state index in [2.05, 4.69) is 58.0 Å². The van der Waals surface area contributed by atoms with Crippen LogP contribution in [0.5, 0.6) is 6.01 Å². The monoisotopic (exact) mass is 530 g/mol. The Hall–Kier alpha value is -3.17. The smallest absolute Gasteiger partial charge is 0.318 e. The zero-order valence-corrected chi connectivity index (χ0v) is 22.7. The van der Waals surface area contributed by atoms with Gasteiger partial charge in [0.1, 0.15) is 12.4 Å². The van der Waals surface area contributed by atoms with E-state index in [0.717, 1.165) is 63.5 Å². The van der Waals surface area contributed by atoms with E-state index in [1.807, 2.05) is 4.90 Å². The molecule has 4 aliphatic heterocycles. The molecular weight excluding hydrogens is 496 g/mol. The second-order valence-electron chi connectivity index (χ2n) is 10.9. The molecule has 0 saturated carbocycles. The number of likely N-dealkylation sites (N-methyl/N-ethyl adjacent to an activating group) is 1. The fraction of sp³-hybridized carbons (Fsp3) is 0.483. The highest BCUT2D eigenvalue weighted by atomic mass is 32.1. The van der Waals surface area contributed by atoms with Crippen LogP contribution < -0.4 is 14.5 Å². The summed E-state index contributed by atoms with van der Waals surface area (Å²) in [7, 11) is 2.17. The second-order valence-corrected chi connectivity index (χ2v) is 11.9. The standard InChI is InChI=1S/C29H34N6O2S/c1-3-26(36)34-14-10-23-25(34)17-35(23)28-21-9-13-33(24-8-4-6-19-11-15-38-27(19)24)16-22(21)30-29(31-28)37-18-20-7-5-12-32(20)2/h3-4,6,8,11,15,20,23,25H,1,5,7,9-10,12-14,16-18H2,2H3/t20-,23+,25+/m0/s1. The summed E-state index contributed by atoms with van der Waals surface area (Å²) < 4.78 is 7.62. The van der Waals surface area contributed by atoms with Gasteiger partial charge in [-0.25, -0.2) is 0 Å². The summed E-state index contributed by atoms with van der Waals surface area (Å²) in [5, 5.41) is 3.46. The third kappa shape index (κ3) is 3.94. The van der Waals surface area contributed by atoms with E-state index in [1.54, 1.807) is 11.3 Å². The van der Waals surface area contributed by atoms with Gasteiger partial charge in [-0.05, 0) is 68.3 Å². The van der Waals surface area contributed by atoms with E-state index in [9.17, 15) is 4.79 Å². The van der Waals surface area contributed by atoms with Crippen molar-refractivity contribution in [2.45, 2.75) is 50.4 Å². The molecule has 8 nitrogen and oxygen atoms in total. The Bertz CT molecular complexity index is 1390. The van der Waals surface area contributed by atoms with Crippen molar-refractivity contribution < 1.29 is 9.53 Å². The van der Waals surface area contributed by atoms with Crippen LogP contribution in [0.25, 0.3) is 10.1 Å². The first-order valence-electron chi connectivity index (χ1n) is 13.7. The molecule has 3 aromatic rings. The van der Waals surface area contributed by atoms with Gasteiger partial charge in [0.2, 0.25) is 5.91 Å². The van der Waals surface area contributed by atoms with Crippen LogP contribution in [0.1, 0.15) is 30.5 Å². The lowest BCUT2D eigenvalue weighted by molar-refractivity contribution is -0.127. The summed E-state index contributed by atoms with van der Waals surface area (Å²) >= 11 is 1.80. The van der Waals surface area contributed by atoms with E-state index in [4.69, 9.17) is 14.7 Å². The van der Waals surface area contributed by atoms with Gasteiger partial charge in [0.15, 0.2) is 0 Å². The molecule has 1 amide bonds. The average Bonchev–Trinajstić information content (AvgIpc) is 3.65. The number of rotatable bonds is 6. The van der Waals surface area contributed by atoms with Crippen molar-refractivity contribution in [1.82, 2.24) is 19.8 Å². The molecule has 0 N–H and O–H groups in total. The largest absolute Gasteiger partial charge is 0.462 e. The van der Waals surface area contributed by atoms with E-state index in [-0.39, 0.29) is 11.9 Å². The van der Waals surface area contributed by atoms with Gasteiger partial charge < -0.3 is 24.3 Å². The molecule has 38 heavy (non-hydrogen) atoms. The summed E-state index contributed by atoms with van der Waals surface area (Å²) in [6.45, 7) is 8.67. The molecule has 3 fully saturated rings. The number of thiophene rings is 1. The minimum absolute atomic E-state index is 0.0324. The van der Waals surface area contributed by atoms with E-state index < -0.39 is 0 Å². The van der Waals surface area contributed by atoms with Gasteiger partial charge in [0, 0.05) is 31.2 Å². The Kier molecular flexibility index (Phi) is 6.00. The van der Waals surface area contributed by atoms with Gasteiger partial charge in [0.05, 0.1) is 34.7 Å². The molecule has 4 aliphatic rings. The second kappa shape index (κ2) is 9.54. The zero-order chi connectivity index (χ0) is 25.8. The Balaban J connectivity index is 1.20. The van der Waals surface area contributed by atoms with Gasteiger partial charge in [0.25, 0.3) is 0 Å². The quantitative estimate of drug-likeness (QED) is 0.450. The molecule has 7 rings (SSSR count). The van der Waals surface area contributed by atoms with E-state index in [0.29, 0.717) is 24.7 Å². The molecule has 3 atom stereocenters. The third-order valence-electron chi connectivity index (χ3n) is 8.92. The van der Waals surface area contributed by atoms with Crippen LogP contribution in [0.2, 0.25) is 0 Å². The molecule has 0 radical (unpaired) electrons. The molecule has 2 aromatic heterocycles. The lowest BCUT2D eigenvalue weighted by Crippen LogP contribution is -2.63. The first kappa shape index (κ1) is 23.9. The summed E-state index contributed by atoms with van der Waals surface area (Å²) in [4.78, 5) is 31.5. The predicted molar refractivity (Wildman–Crippen MR) is 151 cm³/mol. The minimum atomic E-state index is 0.0324. The Morgan fingerprint density at radius 2 is 2.11 bits per heavy atom. The summed E-state index contributed by atoms with van der Waals surface area (Å²) in [5.41, 5.74) is 3.57. The lowest BCUT2D eigenvalue weighted by atomic mass is 9.94. The summed E-state index contributed by atoms with van der Waals surface area (Å²) in [6.07, 6.45) is 5.64. The molecule has 9 heteroatoms. The summed E-state index contributed by atoms with van der Waals surface area (Å²) in [6, 6.07) is 10.2. The number of ether oxygens (including phenoxy) is 1. The lowest BCUT2D eigenvalue weighted by Gasteiger charge is -2.48. The average molecular weight is 531 g/mol. The SMILES string of the molecule is C=CC(=O)N1CC[C@@H]2[C@H]1CN2c1nc(OC[C@@H]2CCCN2C)nc2c1CCN(c1cccc3ccsc13)C2. The number of aromatic nitrogens is 2. The molecule has 198 valence electrons. The van der Waals surface area contributed by atoms with Crippen molar-refractivity contribution in [3.8, 4) is 6.01 Å². The van der Waals surface area contributed by atoms with Crippen LogP contribution in [0, 0.1) is 0 Å². The van der Waals surface area contributed by atoms with Crippen LogP contribution in [0.4, 0.5) is 11.5 Å². The van der Waals surface area contributed by atoms with Crippen LogP contribution in [-0.4, -0.2) is 83.6 Å². The number of hydrogen-bond acceptors (Lipinski definition) is 8. The highest BCUT2D eigenvalue weighted by molar-refractivity contribution is 7.17. The van der Waals surface area contributed by atoms with Crippen molar-refractivity contribution in [3.05, 3.63) is 53.6 Å². The molecule has 6 heterocycles. The number of benzene rings is 1. The number of nitrogens with zero attached hydrogens (tertiary/aromatic N) is 6. The first-order valence-corrected chi connectivity index (χ1v) is 14.6. The van der Waals surface area contributed by atoms with Gasteiger partial charge in [-0.1, -0.05) is 18.7 Å². The van der Waals surface area contributed by atoms with Crippen LogP contribution in [-0.2, 0) is 17.8 Å². The first-order chi connectivity index (χ1) is 18.6. The van der Waals surface area contributed by atoms with Gasteiger partial charge in [-0.2, -0.15) is 9.97 Å². The number of amides is 1. The zero-order valence-electron chi connectivity index (χ0n) is 21.9. The minimum Gasteiger partial charge on any atom is -0.462 e. The number of fused-ring (bicyclic) bond motifs is 3. The Morgan fingerprint density at radius 1 is 1.18 bits per heavy atom. The number of hydrogen-bond donors (Lipinski definition) is 0. The molecule has 0 spiro atoms. The van der Waals surface area contributed by atoms with Crippen molar-refractivity contribution >= 4 is 38.8 Å². The van der Waals surface area contributed by atoms with E-state index >= 15 is 0 Å². The Morgan fingerprint density at radius 3 is 2.95 bits per heavy atom. The van der Waals surface area contributed by atoms with Crippen LogP contribution >= 0.6 is 11.3 Å². The third-order valence-corrected chi connectivity index (χ3v) is 9.87. The van der Waals surface area contributed by atoms with Gasteiger partial charge in [-0.3, -0.25) is 4.79 Å². The molecule has 3 saturated heterocycles. The maximum Gasteiger partial charge on any atom is 0.318 e. The predicted octanol–water partition coefficient (Wildman–Crippen LogP) is 3.70. The highest BCUT2D eigenvalue weighted by Gasteiger charge is 2.49. The molecule has 0 aliphatic carbocycles. The number of likely N-dealkylation sites (tertiary alicyclic amines) is 2. The molecule has 0 unspecified atom stereocenters. The highest BCUT2D eigenvalue weighted by Crippen LogP contribution is 2.41. The van der Waals surface area contributed by atoms with Crippen LogP contribution in [0.3, 0.4) is 0 Å². The maximum absolute atomic E-state index is 12.4. The van der Waals surface area contributed by atoms with Gasteiger partial charge in [-0.15, -0.1) is 11.3 Å². The molecule has 1 aromatic carbocycles. The topological polar surface area (TPSA) is 65.0 Å². The van der Waals surface area contributed by atoms with Crippen LogP contribution in [0.15, 0.2) is 42.3 Å². The number of anilines is 2. The van der Waals surface area contributed by atoms with Crippen molar-refractivity contribution in [1.29, 1.82) is 0 Å². The van der Waals surface area contributed by atoms with Crippen molar-refractivity contribution in [3.63, 3.8) is 0 Å². The normalized spacial score (nSPS) is 24.9. The maximum atomic E-state index is 12.4. The molecule has 0 bridgehead atoms. The van der Waals surface area contributed by atoms with E-state index in [1.165, 1.54) is 33.8 Å².